The first kappa shape index (κ1) is 11.4. The molecule has 0 aliphatic rings. The highest BCUT2D eigenvalue weighted by Gasteiger charge is 2.12. The molecular formula is C15H14O2. The summed E-state index contributed by atoms with van der Waals surface area (Å²) in [6.07, 6.45) is 0. The minimum atomic E-state index is -0.0536. The third-order valence-corrected chi connectivity index (χ3v) is 2.75. The van der Waals surface area contributed by atoms with Gasteiger partial charge >= 0.3 is 0 Å². The van der Waals surface area contributed by atoms with Gasteiger partial charge in [0, 0.05) is 11.1 Å². The Hall–Kier alpha value is -2.09. The average molecular weight is 226 g/mol. The van der Waals surface area contributed by atoms with Crippen LogP contribution in [0.2, 0.25) is 0 Å². The summed E-state index contributed by atoms with van der Waals surface area (Å²) >= 11 is 0. The van der Waals surface area contributed by atoms with E-state index < -0.39 is 0 Å². The maximum atomic E-state index is 12.3. The summed E-state index contributed by atoms with van der Waals surface area (Å²) in [4.78, 5) is 12.3. The lowest BCUT2D eigenvalue weighted by Crippen LogP contribution is -2.03. The van der Waals surface area contributed by atoms with Gasteiger partial charge in [0.25, 0.3) is 0 Å². The standard InChI is InChI=1S/C15H14O2/c1-10-6-7-11(2)14(8-10)15(17)12-4-3-5-13(16)9-12/h3-9,16H,1-2H3. The Morgan fingerprint density at radius 1 is 1.06 bits per heavy atom. The SMILES string of the molecule is Cc1ccc(C)c(C(=O)c2cccc(O)c2)c1. The van der Waals surface area contributed by atoms with Crippen LogP contribution >= 0.6 is 0 Å². The van der Waals surface area contributed by atoms with Crippen LogP contribution in [0.25, 0.3) is 0 Å². The van der Waals surface area contributed by atoms with Crippen molar-refractivity contribution in [2.75, 3.05) is 0 Å². The fraction of sp³-hybridized carbons (Fsp3) is 0.133. The molecule has 2 aromatic rings. The molecule has 17 heavy (non-hydrogen) atoms. The molecule has 0 saturated heterocycles. The van der Waals surface area contributed by atoms with Crippen molar-refractivity contribution in [3.05, 3.63) is 64.7 Å². The van der Waals surface area contributed by atoms with Crippen LogP contribution in [0.5, 0.6) is 5.75 Å². The van der Waals surface area contributed by atoms with Crippen LogP contribution in [0.15, 0.2) is 42.5 Å². The summed E-state index contributed by atoms with van der Waals surface area (Å²) in [5.41, 5.74) is 3.21. The van der Waals surface area contributed by atoms with Crippen LogP contribution in [0.3, 0.4) is 0 Å². The lowest BCUT2D eigenvalue weighted by molar-refractivity contribution is 0.103. The van der Waals surface area contributed by atoms with Crippen LogP contribution in [-0.2, 0) is 0 Å². The summed E-state index contributed by atoms with van der Waals surface area (Å²) in [6.45, 7) is 3.87. The highest BCUT2D eigenvalue weighted by Crippen LogP contribution is 2.18. The lowest BCUT2D eigenvalue weighted by atomic mass is 9.97. The zero-order chi connectivity index (χ0) is 12.4. The van der Waals surface area contributed by atoms with E-state index in [1.165, 1.54) is 6.07 Å². The van der Waals surface area contributed by atoms with Gasteiger partial charge in [-0.15, -0.1) is 0 Å². The first-order chi connectivity index (χ1) is 8.08. The van der Waals surface area contributed by atoms with Crippen LogP contribution in [-0.4, -0.2) is 10.9 Å². The van der Waals surface area contributed by atoms with Gasteiger partial charge in [0.2, 0.25) is 0 Å². The highest BCUT2D eigenvalue weighted by atomic mass is 16.3. The molecule has 2 nitrogen and oxygen atoms in total. The number of rotatable bonds is 2. The summed E-state index contributed by atoms with van der Waals surface area (Å²) in [5.74, 6) is 0.0586. The topological polar surface area (TPSA) is 37.3 Å². The third-order valence-electron chi connectivity index (χ3n) is 2.75. The van der Waals surface area contributed by atoms with Crippen molar-refractivity contribution in [1.29, 1.82) is 0 Å². The van der Waals surface area contributed by atoms with Gasteiger partial charge in [0.15, 0.2) is 5.78 Å². The number of aromatic hydroxyl groups is 1. The third kappa shape index (κ3) is 2.36. The van der Waals surface area contributed by atoms with E-state index in [1.807, 2.05) is 32.0 Å². The molecule has 2 rings (SSSR count). The van der Waals surface area contributed by atoms with E-state index in [-0.39, 0.29) is 11.5 Å². The maximum Gasteiger partial charge on any atom is 0.193 e. The van der Waals surface area contributed by atoms with Crippen molar-refractivity contribution in [2.24, 2.45) is 0 Å². The number of carbonyl (C=O) groups is 1. The van der Waals surface area contributed by atoms with Gasteiger partial charge in [-0.05, 0) is 37.6 Å². The maximum absolute atomic E-state index is 12.3. The Morgan fingerprint density at radius 2 is 1.82 bits per heavy atom. The monoisotopic (exact) mass is 226 g/mol. The molecule has 0 aliphatic heterocycles. The van der Waals surface area contributed by atoms with Crippen molar-refractivity contribution in [2.45, 2.75) is 13.8 Å². The fourth-order valence-corrected chi connectivity index (χ4v) is 1.78. The van der Waals surface area contributed by atoms with Crippen LogP contribution in [0.1, 0.15) is 27.0 Å². The molecule has 0 heterocycles. The van der Waals surface area contributed by atoms with E-state index in [2.05, 4.69) is 0 Å². The Morgan fingerprint density at radius 3 is 2.53 bits per heavy atom. The van der Waals surface area contributed by atoms with E-state index in [9.17, 15) is 9.90 Å². The number of aryl methyl sites for hydroxylation is 2. The summed E-state index contributed by atoms with van der Waals surface area (Å²) in [7, 11) is 0. The Labute approximate surface area is 101 Å². The van der Waals surface area contributed by atoms with E-state index in [1.54, 1.807) is 18.2 Å². The van der Waals surface area contributed by atoms with Gasteiger partial charge in [-0.2, -0.15) is 0 Å². The smallest absolute Gasteiger partial charge is 0.193 e. The minimum Gasteiger partial charge on any atom is -0.508 e. The predicted octanol–water partition coefficient (Wildman–Crippen LogP) is 3.24. The summed E-state index contributed by atoms with van der Waals surface area (Å²) in [5, 5.41) is 9.38. The van der Waals surface area contributed by atoms with Gasteiger partial charge in [0.1, 0.15) is 5.75 Å². The zero-order valence-corrected chi connectivity index (χ0v) is 9.90. The molecule has 0 spiro atoms. The van der Waals surface area contributed by atoms with Crippen molar-refractivity contribution >= 4 is 5.78 Å². The van der Waals surface area contributed by atoms with Gasteiger partial charge in [-0.25, -0.2) is 0 Å². The number of phenolic OH excluding ortho intramolecular Hbond substituents is 1. The fourth-order valence-electron chi connectivity index (χ4n) is 1.78. The van der Waals surface area contributed by atoms with Gasteiger partial charge in [-0.1, -0.05) is 29.8 Å². The van der Waals surface area contributed by atoms with Gasteiger partial charge in [0.05, 0.1) is 0 Å². The van der Waals surface area contributed by atoms with Crippen LogP contribution in [0, 0.1) is 13.8 Å². The first-order valence-corrected chi connectivity index (χ1v) is 5.49. The number of ketones is 1. The van der Waals surface area contributed by atoms with Crippen molar-refractivity contribution in [1.82, 2.24) is 0 Å². The molecule has 0 radical (unpaired) electrons. The number of hydrogen-bond donors (Lipinski definition) is 1. The van der Waals surface area contributed by atoms with E-state index in [4.69, 9.17) is 0 Å². The molecule has 0 unspecified atom stereocenters. The highest BCUT2D eigenvalue weighted by molar-refractivity contribution is 6.10. The van der Waals surface area contributed by atoms with Crippen molar-refractivity contribution < 1.29 is 9.90 Å². The number of carbonyl (C=O) groups excluding carboxylic acids is 1. The molecule has 0 saturated carbocycles. The van der Waals surface area contributed by atoms with Crippen molar-refractivity contribution in [3.8, 4) is 5.75 Å². The quantitative estimate of drug-likeness (QED) is 0.798. The molecule has 0 amide bonds. The van der Waals surface area contributed by atoms with E-state index in [0.29, 0.717) is 11.1 Å². The molecule has 2 aromatic carbocycles. The van der Waals surface area contributed by atoms with E-state index in [0.717, 1.165) is 11.1 Å². The Balaban J connectivity index is 2.47. The molecule has 0 aliphatic carbocycles. The van der Waals surface area contributed by atoms with Gasteiger partial charge < -0.3 is 5.11 Å². The first-order valence-electron chi connectivity index (χ1n) is 5.49. The van der Waals surface area contributed by atoms with E-state index >= 15 is 0 Å². The number of phenols is 1. The Bertz CT molecular complexity index is 571. The average Bonchev–Trinajstić information content (AvgIpc) is 2.31. The molecule has 1 N–H and O–H groups in total. The Kier molecular flexibility index (Phi) is 2.96. The normalized spacial score (nSPS) is 10.2. The van der Waals surface area contributed by atoms with Crippen LogP contribution < -0.4 is 0 Å². The van der Waals surface area contributed by atoms with Crippen molar-refractivity contribution in [3.63, 3.8) is 0 Å². The molecule has 0 aromatic heterocycles. The largest absolute Gasteiger partial charge is 0.508 e. The number of hydrogen-bond acceptors (Lipinski definition) is 2. The molecule has 2 heteroatoms. The van der Waals surface area contributed by atoms with Crippen LogP contribution in [0.4, 0.5) is 0 Å². The molecule has 0 fully saturated rings. The predicted molar refractivity (Wildman–Crippen MR) is 67.5 cm³/mol. The second-order valence-electron chi connectivity index (χ2n) is 4.20. The molecule has 86 valence electrons. The molecule has 0 atom stereocenters. The van der Waals surface area contributed by atoms with Gasteiger partial charge in [-0.3, -0.25) is 4.79 Å². The molecule has 0 bridgehead atoms. The second-order valence-corrected chi connectivity index (χ2v) is 4.20. The zero-order valence-electron chi connectivity index (χ0n) is 9.90. The second kappa shape index (κ2) is 4.42. The lowest BCUT2D eigenvalue weighted by Gasteiger charge is -2.06. The minimum absolute atomic E-state index is 0.0536. The molecular weight excluding hydrogens is 212 g/mol. The number of benzene rings is 2. The summed E-state index contributed by atoms with van der Waals surface area (Å²) in [6, 6.07) is 12.2. The summed E-state index contributed by atoms with van der Waals surface area (Å²) < 4.78 is 0.